The lowest BCUT2D eigenvalue weighted by molar-refractivity contribution is -0.121. The first kappa shape index (κ1) is 21.9. The number of carbonyl (C=O) groups is 1. The largest absolute Gasteiger partial charge is 0.497 e. The van der Waals surface area contributed by atoms with Gasteiger partial charge in [-0.2, -0.15) is 0 Å². The van der Waals surface area contributed by atoms with Crippen molar-refractivity contribution in [3.63, 3.8) is 0 Å². The molecule has 0 spiro atoms. The number of aryl methyl sites for hydroxylation is 1. The molecule has 0 fully saturated rings. The first-order valence-electron chi connectivity index (χ1n) is 11.0. The van der Waals surface area contributed by atoms with Gasteiger partial charge < -0.3 is 14.4 Å². The second-order valence-corrected chi connectivity index (χ2v) is 9.40. The highest BCUT2D eigenvalue weighted by Gasteiger charge is 2.47. The van der Waals surface area contributed by atoms with Crippen LogP contribution >= 0.6 is 0 Å². The third kappa shape index (κ3) is 3.97. The molecule has 0 bridgehead atoms. The molecule has 4 rings (SSSR count). The van der Waals surface area contributed by atoms with Crippen molar-refractivity contribution >= 4 is 11.6 Å². The maximum absolute atomic E-state index is 13.4. The molecule has 1 unspecified atom stereocenters. The summed E-state index contributed by atoms with van der Waals surface area (Å²) < 4.78 is 11.0. The summed E-state index contributed by atoms with van der Waals surface area (Å²) in [4.78, 5) is 15.4. The standard InChI is InChI=1S/C28H31NO3/c1-20-10-12-21(13-11-20)28(4)19-27(2,3)29(25-9-7-6-8-24(25)28)26(30)18-32-23-16-14-22(31-5)15-17-23/h6-17H,18-19H2,1-5H3. The van der Waals surface area contributed by atoms with Crippen LogP contribution < -0.4 is 14.4 Å². The van der Waals surface area contributed by atoms with Crippen LogP contribution in [0.4, 0.5) is 5.69 Å². The molecule has 0 aliphatic carbocycles. The van der Waals surface area contributed by atoms with Crippen molar-refractivity contribution in [3.05, 3.63) is 89.5 Å². The van der Waals surface area contributed by atoms with Gasteiger partial charge in [0.2, 0.25) is 0 Å². The van der Waals surface area contributed by atoms with E-state index in [1.165, 1.54) is 16.7 Å². The van der Waals surface area contributed by atoms with Crippen molar-refractivity contribution in [2.45, 2.75) is 45.1 Å². The molecule has 0 aromatic heterocycles. The van der Waals surface area contributed by atoms with Crippen LogP contribution in [0.15, 0.2) is 72.8 Å². The van der Waals surface area contributed by atoms with E-state index < -0.39 is 0 Å². The SMILES string of the molecule is COc1ccc(OCC(=O)N2c3ccccc3C(C)(c3ccc(C)cc3)CC2(C)C)cc1. The number of rotatable bonds is 5. The fourth-order valence-electron chi connectivity index (χ4n) is 5.03. The monoisotopic (exact) mass is 429 g/mol. The second-order valence-electron chi connectivity index (χ2n) is 9.40. The van der Waals surface area contributed by atoms with Crippen LogP contribution in [0.3, 0.4) is 0 Å². The molecular formula is C28H31NO3. The summed E-state index contributed by atoms with van der Waals surface area (Å²) in [5.74, 6) is 1.35. The van der Waals surface area contributed by atoms with E-state index in [0.717, 1.165) is 17.9 Å². The van der Waals surface area contributed by atoms with Crippen LogP contribution in [0.1, 0.15) is 43.9 Å². The van der Waals surface area contributed by atoms with Crippen LogP contribution in [-0.2, 0) is 10.2 Å². The summed E-state index contributed by atoms with van der Waals surface area (Å²) in [6, 6.07) is 24.3. The van der Waals surface area contributed by atoms with Gasteiger partial charge >= 0.3 is 0 Å². The quantitative estimate of drug-likeness (QED) is 0.507. The van der Waals surface area contributed by atoms with Gasteiger partial charge in [0.05, 0.1) is 7.11 Å². The number of anilines is 1. The molecule has 1 atom stereocenters. The Hall–Kier alpha value is -3.27. The summed E-state index contributed by atoms with van der Waals surface area (Å²) in [5, 5.41) is 0. The highest BCUT2D eigenvalue weighted by molar-refractivity contribution is 5.97. The summed E-state index contributed by atoms with van der Waals surface area (Å²) in [7, 11) is 1.62. The number of amides is 1. The van der Waals surface area contributed by atoms with Gasteiger partial charge in [-0.25, -0.2) is 0 Å². The summed E-state index contributed by atoms with van der Waals surface area (Å²) in [6.45, 7) is 8.65. The van der Waals surface area contributed by atoms with E-state index in [4.69, 9.17) is 9.47 Å². The molecule has 0 saturated heterocycles. The van der Waals surface area contributed by atoms with Crippen LogP contribution in [0.2, 0.25) is 0 Å². The van der Waals surface area contributed by atoms with Gasteiger partial charge in [0.15, 0.2) is 6.61 Å². The molecule has 166 valence electrons. The summed E-state index contributed by atoms with van der Waals surface area (Å²) in [5.41, 5.74) is 4.06. The smallest absolute Gasteiger partial charge is 0.265 e. The van der Waals surface area contributed by atoms with E-state index in [1.807, 2.05) is 41.3 Å². The molecule has 1 aliphatic heterocycles. The van der Waals surface area contributed by atoms with Crippen molar-refractivity contribution in [2.24, 2.45) is 0 Å². The average molecular weight is 430 g/mol. The predicted molar refractivity (Wildman–Crippen MR) is 129 cm³/mol. The Kier molecular flexibility index (Phi) is 5.72. The van der Waals surface area contributed by atoms with Gasteiger partial charge in [0.25, 0.3) is 5.91 Å². The van der Waals surface area contributed by atoms with E-state index >= 15 is 0 Å². The highest BCUT2D eigenvalue weighted by Crippen LogP contribution is 2.50. The molecule has 0 radical (unpaired) electrons. The minimum atomic E-state index is -0.381. The maximum Gasteiger partial charge on any atom is 0.265 e. The molecule has 4 heteroatoms. The predicted octanol–water partition coefficient (Wildman–Crippen LogP) is 5.90. The number of para-hydroxylation sites is 1. The Morgan fingerprint density at radius 1 is 0.906 bits per heavy atom. The van der Waals surface area contributed by atoms with E-state index in [1.54, 1.807) is 7.11 Å². The van der Waals surface area contributed by atoms with Crippen LogP contribution in [0.25, 0.3) is 0 Å². The molecule has 1 amide bonds. The maximum atomic E-state index is 13.4. The average Bonchev–Trinajstić information content (AvgIpc) is 2.78. The number of hydrogen-bond acceptors (Lipinski definition) is 3. The van der Waals surface area contributed by atoms with Gasteiger partial charge in [-0.3, -0.25) is 4.79 Å². The van der Waals surface area contributed by atoms with Gasteiger partial charge in [-0.1, -0.05) is 55.0 Å². The summed E-state index contributed by atoms with van der Waals surface area (Å²) in [6.07, 6.45) is 0.814. The zero-order chi connectivity index (χ0) is 22.9. The van der Waals surface area contributed by atoms with Gasteiger partial charge in [-0.15, -0.1) is 0 Å². The second kappa shape index (κ2) is 8.34. The normalized spacial score (nSPS) is 19.2. The van der Waals surface area contributed by atoms with Gasteiger partial charge in [0.1, 0.15) is 11.5 Å². The topological polar surface area (TPSA) is 38.8 Å². The van der Waals surface area contributed by atoms with Gasteiger partial charge in [-0.05, 0) is 68.7 Å². The van der Waals surface area contributed by atoms with Crippen LogP contribution in [0.5, 0.6) is 11.5 Å². The molecule has 4 nitrogen and oxygen atoms in total. The fourth-order valence-corrected chi connectivity index (χ4v) is 5.03. The third-order valence-corrected chi connectivity index (χ3v) is 6.49. The van der Waals surface area contributed by atoms with Gasteiger partial charge in [0, 0.05) is 16.6 Å². The Morgan fingerprint density at radius 2 is 1.53 bits per heavy atom. The Morgan fingerprint density at radius 3 is 2.19 bits per heavy atom. The first-order chi connectivity index (χ1) is 15.2. The van der Waals surface area contributed by atoms with Crippen molar-refractivity contribution in [2.75, 3.05) is 18.6 Å². The highest BCUT2D eigenvalue weighted by atomic mass is 16.5. The number of nitrogens with zero attached hydrogens (tertiary/aromatic N) is 1. The zero-order valence-corrected chi connectivity index (χ0v) is 19.5. The summed E-state index contributed by atoms with van der Waals surface area (Å²) >= 11 is 0. The van der Waals surface area contributed by atoms with Crippen molar-refractivity contribution in [3.8, 4) is 11.5 Å². The van der Waals surface area contributed by atoms with Crippen LogP contribution in [-0.4, -0.2) is 25.2 Å². The van der Waals surface area contributed by atoms with E-state index in [2.05, 4.69) is 64.1 Å². The first-order valence-corrected chi connectivity index (χ1v) is 11.0. The molecule has 1 aliphatic rings. The minimum Gasteiger partial charge on any atom is -0.497 e. The number of ether oxygens (including phenoxy) is 2. The number of fused-ring (bicyclic) bond motifs is 1. The van der Waals surface area contributed by atoms with Crippen molar-refractivity contribution in [1.82, 2.24) is 0 Å². The zero-order valence-electron chi connectivity index (χ0n) is 19.5. The lowest BCUT2D eigenvalue weighted by atomic mass is 9.65. The number of benzene rings is 3. The van der Waals surface area contributed by atoms with Crippen molar-refractivity contribution in [1.29, 1.82) is 0 Å². The lowest BCUT2D eigenvalue weighted by Gasteiger charge is -2.51. The minimum absolute atomic E-state index is 0.0225. The number of hydrogen-bond donors (Lipinski definition) is 0. The molecule has 0 N–H and O–H groups in total. The Bertz CT molecular complexity index is 1100. The fraction of sp³-hybridized carbons (Fsp3) is 0.321. The van der Waals surface area contributed by atoms with E-state index in [-0.39, 0.29) is 23.5 Å². The molecule has 0 saturated carbocycles. The third-order valence-electron chi connectivity index (χ3n) is 6.49. The van der Waals surface area contributed by atoms with Crippen LogP contribution in [0, 0.1) is 6.92 Å². The van der Waals surface area contributed by atoms with E-state index in [9.17, 15) is 4.79 Å². The Labute approximate surface area is 190 Å². The lowest BCUT2D eigenvalue weighted by Crippen LogP contribution is -2.57. The molecule has 32 heavy (non-hydrogen) atoms. The van der Waals surface area contributed by atoms with E-state index in [0.29, 0.717) is 5.75 Å². The molecule has 3 aromatic rings. The molecular weight excluding hydrogens is 398 g/mol. The Balaban J connectivity index is 1.66. The molecule has 3 aromatic carbocycles. The molecule has 1 heterocycles. The number of methoxy groups -OCH3 is 1. The number of carbonyl (C=O) groups excluding carboxylic acids is 1. The van der Waals surface area contributed by atoms with Crippen molar-refractivity contribution < 1.29 is 14.3 Å².